The Kier molecular flexibility index (Phi) is 7.20. The van der Waals surface area contributed by atoms with Crippen LogP contribution >= 0.6 is 0 Å². The molecule has 0 radical (unpaired) electrons. The molecular formula is C23H28N2O3. The lowest BCUT2D eigenvalue weighted by molar-refractivity contribution is 0.0652. The molecule has 0 bridgehead atoms. The van der Waals surface area contributed by atoms with Gasteiger partial charge in [0, 0.05) is 32.5 Å². The predicted octanol–water partition coefficient (Wildman–Crippen LogP) is 4.14. The molecule has 1 N–H and O–H groups in total. The number of unbranched alkanes of at least 4 members (excludes halogenated alkanes) is 2. The Bertz CT molecular complexity index is 784. The molecule has 5 heteroatoms. The number of nitrogens with one attached hydrogen (secondary N) is 1. The summed E-state index contributed by atoms with van der Waals surface area (Å²) in [6.45, 7) is 2.22. The van der Waals surface area contributed by atoms with E-state index in [4.69, 9.17) is 4.74 Å². The van der Waals surface area contributed by atoms with E-state index in [0.717, 1.165) is 50.9 Å². The van der Waals surface area contributed by atoms with Gasteiger partial charge in [-0.25, -0.2) is 0 Å². The van der Waals surface area contributed by atoms with Crippen LogP contribution < -0.4 is 5.32 Å². The summed E-state index contributed by atoms with van der Waals surface area (Å²) in [6, 6.07) is 15.4. The van der Waals surface area contributed by atoms with Gasteiger partial charge in [0.25, 0.3) is 11.8 Å². The lowest BCUT2D eigenvalue weighted by Crippen LogP contribution is -2.30. The zero-order valence-corrected chi connectivity index (χ0v) is 16.4. The molecule has 0 fully saturated rings. The summed E-state index contributed by atoms with van der Waals surface area (Å²) < 4.78 is 5.06. The Balaban J connectivity index is 1.44. The number of ether oxygens (including phenoxy) is 1. The van der Waals surface area contributed by atoms with Gasteiger partial charge in [-0.15, -0.1) is 0 Å². The SMILES string of the molecule is COCCCCCNc1cccc(CCCN2C(=O)c3ccccc3C2=O)c1. The third-order valence-electron chi connectivity index (χ3n) is 5.01. The van der Waals surface area contributed by atoms with Gasteiger partial charge in [0.2, 0.25) is 0 Å². The van der Waals surface area contributed by atoms with Gasteiger partial charge in [-0.3, -0.25) is 14.5 Å². The molecule has 1 aliphatic heterocycles. The molecule has 3 rings (SSSR count). The Morgan fingerprint density at radius 2 is 1.64 bits per heavy atom. The molecule has 2 amide bonds. The van der Waals surface area contributed by atoms with Gasteiger partial charge >= 0.3 is 0 Å². The highest BCUT2D eigenvalue weighted by Gasteiger charge is 2.34. The van der Waals surface area contributed by atoms with Gasteiger partial charge in [0.05, 0.1) is 11.1 Å². The first-order valence-corrected chi connectivity index (χ1v) is 9.97. The molecule has 0 spiro atoms. The zero-order chi connectivity index (χ0) is 19.8. The number of hydrogen-bond acceptors (Lipinski definition) is 4. The van der Waals surface area contributed by atoms with Crippen molar-refractivity contribution in [3.63, 3.8) is 0 Å². The predicted molar refractivity (Wildman–Crippen MR) is 111 cm³/mol. The second-order valence-corrected chi connectivity index (χ2v) is 7.09. The fourth-order valence-corrected chi connectivity index (χ4v) is 3.50. The van der Waals surface area contributed by atoms with Crippen LogP contribution in [0.25, 0.3) is 0 Å². The van der Waals surface area contributed by atoms with E-state index in [1.54, 1.807) is 31.4 Å². The molecule has 2 aromatic rings. The number of benzene rings is 2. The van der Waals surface area contributed by atoms with Gasteiger partial charge in [-0.1, -0.05) is 24.3 Å². The van der Waals surface area contributed by atoms with Crippen molar-refractivity contribution in [3.05, 3.63) is 65.2 Å². The topological polar surface area (TPSA) is 58.6 Å². The fourth-order valence-electron chi connectivity index (χ4n) is 3.50. The number of aryl methyl sites for hydroxylation is 1. The largest absolute Gasteiger partial charge is 0.385 e. The van der Waals surface area contributed by atoms with Crippen LogP contribution in [0.4, 0.5) is 5.69 Å². The molecule has 1 heterocycles. The lowest BCUT2D eigenvalue weighted by Gasteiger charge is -2.14. The number of nitrogens with zero attached hydrogens (tertiary/aromatic N) is 1. The van der Waals surface area contributed by atoms with Crippen LogP contribution in [0.2, 0.25) is 0 Å². The summed E-state index contributed by atoms with van der Waals surface area (Å²) in [7, 11) is 1.73. The van der Waals surface area contributed by atoms with Crippen LogP contribution in [0.3, 0.4) is 0 Å². The number of imide groups is 1. The average molecular weight is 380 g/mol. The van der Waals surface area contributed by atoms with Crippen molar-refractivity contribution in [3.8, 4) is 0 Å². The smallest absolute Gasteiger partial charge is 0.261 e. The van der Waals surface area contributed by atoms with E-state index in [1.165, 1.54) is 10.5 Å². The van der Waals surface area contributed by atoms with Crippen molar-refractivity contribution in [2.75, 3.05) is 32.1 Å². The molecule has 5 nitrogen and oxygen atoms in total. The molecule has 0 saturated heterocycles. The van der Waals surface area contributed by atoms with Crippen LogP contribution in [0.1, 0.15) is 52.0 Å². The molecule has 0 saturated carbocycles. The Hall–Kier alpha value is -2.66. The highest BCUT2D eigenvalue weighted by atomic mass is 16.5. The van der Waals surface area contributed by atoms with Gasteiger partial charge in [-0.2, -0.15) is 0 Å². The van der Waals surface area contributed by atoms with Crippen molar-refractivity contribution in [2.45, 2.75) is 32.1 Å². The minimum Gasteiger partial charge on any atom is -0.385 e. The van der Waals surface area contributed by atoms with Gasteiger partial charge in [0.15, 0.2) is 0 Å². The minimum absolute atomic E-state index is 0.176. The Labute approximate surface area is 166 Å². The summed E-state index contributed by atoms with van der Waals surface area (Å²) in [5.74, 6) is -0.353. The van der Waals surface area contributed by atoms with Crippen LogP contribution in [0, 0.1) is 0 Å². The second kappa shape index (κ2) is 10.0. The molecule has 0 aromatic heterocycles. The lowest BCUT2D eigenvalue weighted by atomic mass is 10.1. The van der Waals surface area contributed by atoms with E-state index in [-0.39, 0.29) is 11.8 Å². The van der Waals surface area contributed by atoms with Crippen LogP contribution in [-0.2, 0) is 11.2 Å². The molecule has 148 valence electrons. The number of anilines is 1. The molecule has 0 atom stereocenters. The Morgan fingerprint density at radius 3 is 2.36 bits per heavy atom. The number of rotatable bonds is 11. The number of carbonyl (C=O) groups excluding carboxylic acids is 2. The molecule has 28 heavy (non-hydrogen) atoms. The van der Waals surface area contributed by atoms with Crippen molar-refractivity contribution in [1.82, 2.24) is 4.90 Å². The first-order chi connectivity index (χ1) is 13.7. The van der Waals surface area contributed by atoms with Crippen LogP contribution in [0.5, 0.6) is 0 Å². The third kappa shape index (κ3) is 4.98. The second-order valence-electron chi connectivity index (χ2n) is 7.09. The van der Waals surface area contributed by atoms with Gasteiger partial charge in [-0.05, 0) is 61.9 Å². The van der Waals surface area contributed by atoms with Crippen LogP contribution in [0.15, 0.2) is 48.5 Å². The Morgan fingerprint density at radius 1 is 0.893 bits per heavy atom. The van der Waals surface area contributed by atoms with Crippen molar-refractivity contribution < 1.29 is 14.3 Å². The van der Waals surface area contributed by atoms with Crippen LogP contribution in [-0.4, -0.2) is 43.5 Å². The fraction of sp³-hybridized carbons (Fsp3) is 0.391. The highest BCUT2D eigenvalue weighted by Crippen LogP contribution is 2.23. The van der Waals surface area contributed by atoms with Gasteiger partial charge < -0.3 is 10.1 Å². The molecule has 0 aliphatic carbocycles. The summed E-state index contributed by atoms with van der Waals surface area (Å²) in [5.41, 5.74) is 3.36. The van der Waals surface area contributed by atoms with E-state index in [2.05, 4.69) is 23.5 Å². The van der Waals surface area contributed by atoms with Crippen molar-refractivity contribution in [2.24, 2.45) is 0 Å². The first kappa shape index (κ1) is 20.1. The van der Waals surface area contributed by atoms with Crippen molar-refractivity contribution >= 4 is 17.5 Å². The summed E-state index contributed by atoms with van der Waals surface area (Å²) in [4.78, 5) is 26.2. The molecule has 0 unspecified atom stereocenters. The number of amides is 2. The van der Waals surface area contributed by atoms with E-state index < -0.39 is 0 Å². The summed E-state index contributed by atoms with van der Waals surface area (Å²) in [5, 5.41) is 3.46. The van der Waals surface area contributed by atoms with E-state index in [0.29, 0.717) is 17.7 Å². The average Bonchev–Trinajstić information content (AvgIpc) is 2.96. The van der Waals surface area contributed by atoms with Crippen molar-refractivity contribution in [1.29, 1.82) is 0 Å². The normalized spacial score (nSPS) is 13.1. The maximum atomic E-state index is 12.4. The third-order valence-corrected chi connectivity index (χ3v) is 5.01. The van der Waals surface area contributed by atoms with E-state index in [9.17, 15) is 9.59 Å². The first-order valence-electron chi connectivity index (χ1n) is 9.97. The summed E-state index contributed by atoms with van der Waals surface area (Å²) >= 11 is 0. The zero-order valence-electron chi connectivity index (χ0n) is 16.4. The molecule has 1 aliphatic rings. The monoisotopic (exact) mass is 380 g/mol. The maximum absolute atomic E-state index is 12.4. The van der Waals surface area contributed by atoms with Gasteiger partial charge in [0.1, 0.15) is 0 Å². The maximum Gasteiger partial charge on any atom is 0.261 e. The number of fused-ring (bicyclic) bond motifs is 1. The minimum atomic E-state index is -0.176. The number of carbonyl (C=O) groups is 2. The molecular weight excluding hydrogens is 352 g/mol. The van der Waals surface area contributed by atoms with E-state index >= 15 is 0 Å². The standard InChI is InChI=1S/C23H28N2O3/c1-28-16-6-2-5-14-24-19-11-7-9-18(17-19)10-8-15-25-22(26)20-12-3-4-13-21(20)23(25)27/h3-4,7,9,11-13,17,24H,2,5-6,8,10,14-16H2,1H3. The summed E-state index contributed by atoms with van der Waals surface area (Å²) in [6.07, 6.45) is 4.95. The number of methoxy groups -OCH3 is 1. The molecule has 2 aromatic carbocycles. The highest BCUT2D eigenvalue weighted by molar-refractivity contribution is 6.21. The number of hydrogen-bond donors (Lipinski definition) is 1. The van der Waals surface area contributed by atoms with E-state index in [1.807, 2.05) is 6.07 Å². The quantitative estimate of drug-likeness (QED) is 0.470.